The van der Waals surface area contributed by atoms with Crippen molar-refractivity contribution < 1.29 is 18.0 Å². The van der Waals surface area contributed by atoms with Gasteiger partial charge in [0.15, 0.2) is 0 Å². The predicted octanol–water partition coefficient (Wildman–Crippen LogP) is 3.76. The van der Waals surface area contributed by atoms with Gasteiger partial charge in [-0.1, -0.05) is 38.4 Å². The van der Waals surface area contributed by atoms with E-state index in [2.05, 4.69) is 10.6 Å². The molecule has 162 valence electrons. The lowest BCUT2D eigenvalue weighted by atomic mass is 10.1. The van der Waals surface area contributed by atoms with E-state index in [1.54, 1.807) is 19.9 Å². The van der Waals surface area contributed by atoms with Crippen molar-refractivity contribution in [2.75, 3.05) is 25.0 Å². The number of carbonyl (C=O) groups is 2. The lowest BCUT2D eigenvalue weighted by Crippen LogP contribution is -2.30. The van der Waals surface area contributed by atoms with Crippen LogP contribution in [0.5, 0.6) is 0 Å². The fraction of sp³-hybridized carbons (Fsp3) is 0.333. The average Bonchev–Trinajstić information content (AvgIpc) is 2.73. The van der Waals surface area contributed by atoms with Crippen LogP contribution in [0.3, 0.4) is 0 Å². The van der Waals surface area contributed by atoms with Crippen molar-refractivity contribution in [1.82, 2.24) is 9.62 Å². The fourth-order valence-electron chi connectivity index (χ4n) is 2.82. The Labute approximate surface area is 182 Å². The number of sulfonamides is 1. The van der Waals surface area contributed by atoms with Crippen LogP contribution >= 0.6 is 11.6 Å². The number of benzene rings is 2. The van der Waals surface area contributed by atoms with Crippen molar-refractivity contribution in [3.63, 3.8) is 0 Å². The summed E-state index contributed by atoms with van der Waals surface area (Å²) >= 11 is 6.19. The highest BCUT2D eigenvalue weighted by Crippen LogP contribution is 2.22. The smallest absolute Gasteiger partial charge is 0.255 e. The molecule has 0 heterocycles. The molecule has 0 spiro atoms. The first-order valence-corrected chi connectivity index (χ1v) is 11.6. The molecule has 0 atom stereocenters. The normalized spacial score (nSPS) is 11.4. The van der Waals surface area contributed by atoms with Gasteiger partial charge in [0, 0.05) is 30.9 Å². The van der Waals surface area contributed by atoms with Gasteiger partial charge in [-0.05, 0) is 42.8 Å². The Morgan fingerprint density at radius 1 is 1.00 bits per heavy atom. The predicted molar refractivity (Wildman–Crippen MR) is 119 cm³/mol. The van der Waals surface area contributed by atoms with Gasteiger partial charge >= 0.3 is 0 Å². The Balaban J connectivity index is 2.21. The Bertz CT molecular complexity index is 1020. The number of amides is 2. The van der Waals surface area contributed by atoms with Gasteiger partial charge in [0.2, 0.25) is 10.0 Å². The van der Waals surface area contributed by atoms with Crippen LogP contribution in [0.15, 0.2) is 47.4 Å². The highest BCUT2D eigenvalue weighted by Gasteiger charge is 2.22. The molecule has 9 heteroatoms. The van der Waals surface area contributed by atoms with E-state index in [9.17, 15) is 18.0 Å². The number of rotatable bonds is 9. The molecule has 0 radical (unpaired) electrons. The van der Waals surface area contributed by atoms with Gasteiger partial charge < -0.3 is 10.6 Å². The molecule has 0 aromatic heterocycles. The number of nitrogens with zero attached hydrogens (tertiary/aromatic N) is 1. The SMILES string of the molecule is CCCNC(=O)c1ccc(NC(=O)c2cccc(S(=O)(=O)N(CC)CC)c2)cc1Cl. The zero-order valence-electron chi connectivity index (χ0n) is 17.2. The van der Waals surface area contributed by atoms with E-state index in [1.807, 2.05) is 6.92 Å². The minimum Gasteiger partial charge on any atom is -0.352 e. The second kappa shape index (κ2) is 10.6. The molecule has 0 bridgehead atoms. The molecule has 2 rings (SSSR count). The molecule has 0 saturated heterocycles. The Morgan fingerprint density at radius 3 is 2.30 bits per heavy atom. The third-order valence-corrected chi connectivity index (χ3v) is 6.81. The minimum absolute atomic E-state index is 0.0554. The zero-order valence-corrected chi connectivity index (χ0v) is 18.8. The molecular weight excluding hydrogens is 426 g/mol. The van der Waals surface area contributed by atoms with E-state index in [0.29, 0.717) is 30.9 Å². The summed E-state index contributed by atoms with van der Waals surface area (Å²) in [5.41, 5.74) is 0.911. The Hall–Kier alpha value is -2.42. The molecule has 2 amide bonds. The van der Waals surface area contributed by atoms with Crippen LogP contribution in [0.25, 0.3) is 0 Å². The third kappa shape index (κ3) is 5.59. The van der Waals surface area contributed by atoms with E-state index in [4.69, 9.17) is 11.6 Å². The summed E-state index contributed by atoms with van der Waals surface area (Å²) in [6.07, 6.45) is 0.806. The summed E-state index contributed by atoms with van der Waals surface area (Å²) < 4.78 is 26.7. The van der Waals surface area contributed by atoms with E-state index in [-0.39, 0.29) is 21.4 Å². The largest absolute Gasteiger partial charge is 0.352 e. The van der Waals surface area contributed by atoms with Crippen molar-refractivity contribution in [2.24, 2.45) is 0 Å². The maximum atomic E-state index is 12.7. The lowest BCUT2D eigenvalue weighted by Gasteiger charge is -2.18. The number of hydrogen-bond acceptors (Lipinski definition) is 4. The second-order valence-electron chi connectivity index (χ2n) is 6.52. The number of anilines is 1. The van der Waals surface area contributed by atoms with Gasteiger partial charge in [0.1, 0.15) is 0 Å². The van der Waals surface area contributed by atoms with E-state index < -0.39 is 15.9 Å². The van der Waals surface area contributed by atoms with Gasteiger partial charge in [-0.15, -0.1) is 0 Å². The van der Waals surface area contributed by atoms with Crippen molar-refractivity contribution in [2.45, 2.75) is 32.1 Å². The van der Waals surface area contributed by atoms with Crippen LogP contribution < -0.4 is 10.6 Å². The minimum atomic E-state index is -3.67. The molecule has 30 heavy (non-hydrogen) atoms. The highest BCUT2D eigenvalue weighted by molar-refractivity contribution is 7.89. The first kappa shape index (κ1) is 23.9. The molecule has 2 aromatic rings. The Morgan fingerprint density at radius 2 is 1.70 bits per heavy atom. The van der Waals surface area contributed by atoms with E-state index in [0.717, 1.165) is 6.42 Å². The summed E-state index contributed by atoms with van der Waals surface area (Å²) in [6, 6.07) is 10.5. The highest BCUT2D eigenvalue weighted by atomic mass is 35.5. The second-order valence-corrected chi connectivity index (χ2v) is 8.87. The maximum Gasteiger partial charge on any atom is 0.255 e. The molecular formula is C21H26ClN3O4S. The van der Waals surface area contributed by atoms with Crippen LogP contribution in [0.4, 0.5) is 5.69 Å². The van der Waals surface area contributed by atoms with Crippen LogP contribution in [-0.4, -0.2) is 44.2 Å². The van der Waals surface area contributed by atoms with Crippen molar-refractivity contribution in [1.29, 1.82) is 0 Å². The van der Waals surface area contributed by atoms with Crippen molar-refractivity contribution >= 4 is 39.1 Å². The molecule has 0 unspecified atom stereocenters. The molecule has 2 aromatic carbocycles. The van der Waals surface area contributed by atoms with Gasteiger partial charge in [0.05, 0.1) is 15.5 Å². The van der Waals surface area contributed by atoms with Crippen LogP contribution in [0.2, 0.25) is 5.02 Å². The fourth-order valence-corrected chi connectivity index (χ4v) is 4.60. The van der Waals surface area contributed by atoms with E-state index in [1.165, 1.54) is 40.7 Å². The molecule has 0 saturated carbocycles. The standard InChI is InChI=1S/C21H26ClN3O4S/c1-4-12-23-21(27)18-11-10-16(14-19(18)22)24-20(26)15-8-7-9-17(13-15)30(28,29)25(5-2)6-3/h7-11,13-14H,4-6,12H2,1-3H3,(H,23,27)(H,24,26). The molecule has 0 aliphatic carbocycles. The molecule has 0 aliphatic heterocycles. The monoisotopic (exact) mass is 451 g/mol. The lowest BCUT2D eigenvalue weighted by molar-refractivity contribution is 0.0953. The summed E-state index contributed by atoms with van der Waals surface area (Å²) in [4.78, 5) is 24.8. The van der Waals surface area contributed by atoms with Crippen LogP contribution in [-0.2, 0) is 10.0 Å². The zero-order chi connectivity index (χ0) is 22.3. The topological polar surface area (TPSA) is 95.6 Å². The molecule has 0 aliphatic rings. The van der Waals surface area contributed by atoms with Crippen LogP contribution in [0.1, 0.15) is 47.9 Å². The van der Waals surface area contributed by atoms with Crippen LogP contribution in [0, 0.1) is 0 Å². The van der Waals surface area contributed by atoms with Crippen molar-refractivity contribution in [3.05, 3.63) is 58.6 Å². The summed E-state index contributed by atoms with van der Waals surface area (Å²) in [6.45, 7) is 6.68. The maximum absolute atomic E-state index is 12.7. The Kier molecular flexibility index (Phi) is 8.40. The van der Waals surface area contributed by atoms with Crippen molar-refractivity contribution in [3.8, 4) is 0 Å². The number of halogens is 1. The first-order chi connectivity index (χ1) is 14.2. The molecule has 0 fully saturated rings. The number of hydrogen-bond donors (Lipinski definition) is 2. The average molecular weight is 452 g/mol. The number of carbonyl (C=O) groups excluding carboxylic acids is 2. The summed E-state index contributed by atoms with van der Waals surface area (Å²) in [5.74, 6) is -0.764. The summed E-state index contributed by atoms with van der Waals surface area (Å²) in [7, 11) is -3.67. The van der Waals surface area contributed by atoms with Gasteiger partial charge in [-0.3, -0.25) is 9.59 Å². The first-order valence-electron chi connectivity index (χ1n) is 9.73. The molecule has 7 nitrogen and oxygen atoms in total. The quantitative estimate of drug-likeness (QED) is 0.606. The summed E-state index contributed by atoms with van der Waals surface area (Å²) in [5, 5.41) is 5.63. The van der Waals surface area contributed by atoms with Gasteiger partial charge in [-0.25, -0.2) is 8.42 Å². The number of nitrogens with one attached hydrogen (secondary N) is 2. The molecule has 2 N–H and O–H groups in total. The van der Waals surface area contributed by atoms with Gasteiger partial charge in [-0.2, -0.15) is 4.31 Å². The van der Waals surface area contributed by atoms with Gasteiger partial charge in [0.25, 0.3) is 11.8 Å². The van der Waals surface area contributed by atoms with E-state index >= 15 is 0 Å². The third-order valence-electron chi connectivity index (χ3n) is 4.45.